The lowest BCUT2D eigenvalue weighted by Crippen LogP contribution is -2.29. The zero-order chi connectivity index (χ0) is 9.97. The Morgan fingerprint density at radius 3 is 2.43 bits per heavy atom. The normalized spacial score (nSPS) is 15.2. The van der Waals surface area contributed by atoms with Crippen molar-refractivity contribution in [2.45, 2.75) is 13.1 Å². The van der Waals surface area contributed by atoms with E-state index in [1.165, 1.54) is 11.1 Å². The number of carbonyl (C=O) groups is 1. The lowest BCUT2D eigenvalue weighted by atomic mass is 10.1. The molecule has 0 aliphatic carbocycles. The third-order valence-electron chi connectivity index (χ3n) is 2.38. The van der Waals surface area contributed by atoms with E-state index in [4.69, 9.17) is 0 Å². The third-order valence-corrected chi connectivity index (χ3v) is 2.98. The summed E-state index contributed by atoms with van der Waals surface area (Å²) >= 11 is 1.87. The summed E-state index contributed by atoms with van der Waals surface area (Å²) in [6, 6.07) is 8.33. The molecule has 0 fully saturated rings. The number of amides is 1. The number of carbonyl (C=O) groups excluding carboxylic acids is 1. The van der Waals surface area contributed by atoms with Gasteiger partial charge in [0.25, 0.3) is 0 Å². The van der Waals surface area contributed by atoms with E-state index in [-0.39, 0.29) is 5.91 Å². The van der Waals surface area contributed by atoms with Crippen molar-refractivity contribution in [3.63, 3.8) is 0 Å². The molecule has 4 heteroatoms. The second-order valence-corrected chi connectivity index (χ2v) is 3.97. The quantitative estimate of drug-likeness (QED) is 0.663. The van der Waals surface area contributed by atoms with Gasteiger partial charge >= 0.3 is 0 Å². The zero-order valence-electron chi connectivity index (χ0n) is 7.66. The molecule has 14 heavy (non-hydrogen) atoms. The molecule has 0 bridgehead atoms. The number of fused-ring (bicyclic) bond motifs is 1. The van der Waals surface area contributed by atoms with Crippen LogP contribution in [0.15, 0.2) is 24.3 Å². The van der Waals surface area contributed by atoms with Gasteiger partial charge in [-0.05, 0) is 11.1 Å². The molecule has 1 aromatic carbocycles. The predicted octanol–water partition coefficient (Wildman–Crippen LogP) is 1.47. The van der Waals surface area contributed by atoms with E-state index in [2.05, 4.69) is 20.6 Å². The molecule has 1 aliphatic heterocycles. The summed E-state index contributed by atoms with van der Waals surface area (Å²) in [7, 11) is 0. The molecule has 0 saturated carbocycles. The summed E-state index contributed by atoms with van der Waals surface area (Å²) < 4.78 is 2.61. The van der Waals surface area contributed by atoms with E-state index >= 15 is 0 Å². The summed E-state index contributed by atoms with van der Waals surface area (Å²) in [5.74, 6) is 0.0680. The Kier molecular flexibility index (Phi) is 3.02. The van der Waals surface area contributed by atoms with Crippen LogP contribution in [0, 0.1) is 0 Å². The molecule has 0 saturated heterocycles. The fourth-order valence-corrected chi connectivity index (χ4v) is 1.92. The molecular weight excluding hydrogens is 291 g/mol. The highest BCUT2D eigenvalue weighted by Crippen LogP contribution is 2.21. The van der Waals surface area contributed by atoms with Gasteiger partial charge in [0, 0.05) is 13.1 Å². The average Bonchev–Trinajstić information content (AvgIpc) is 2.59. The molecule has 1 N–H and O–H groups in total. The van der Waals surface area contributed by atoms with Crippen molar-refractivity contribution in [1.82, 2.24) is 8.43 Å². The van der Waals surface area contributed by atoms with Crippen molar-refractivity contribution < 1.29 is 4.79 Å². The second kappa shape index (κ2) is 4.27. The van der Waals surface area contributed by atoms with Crippen LogP contribution in [0.5, 0.6) is 0 Å². The molecule has 1 amide bonds. The molecule has 0 atom stereocenters. The Hall–Kier alpha value is -0.620. The molecular formula is C10H11IN2O. The number of hydrogen-bond donors (Lipinski definition) is 1. The van der Waals surface area contributed by atoms with Crippen LogP contribution in [0.1, 0.15) is 11.1 Å². The molecule has 0 radical (unpaired) electrons. The highest BCUT2D eigenvalue weighted by molar-refractivity contribution is 14.1. The number of nitrogens with zero attached hydrogens (tertiary/aromatic N) is 1. The Morgan fingerprint density at radius 1 is 1.36 bits per heavy atom. The van der Waals surface area contributed by atoms with E-state index in [1.54, 1.807) is 0 Å². The molecule has 0 aromatic heterocycles. The number of rotatable bonds is 2. The van der Waals surface area contributed by atoms with Crippen LogP contribution in [-0.4, -0.2) is 17.4 Å². The Labute approximate surface area is 97.0 Å². The number of halogens is 1. The van der Waals surface area contributed by atoms with Gasteiger partial charge in [0.15, 0.2) is 0 Å². The maximum absolute atomic E-state index is 11.2. The van der Waals surface area contributed by atoms with Gasteiger partial charge in [-0.1, -0.05) is 24.3 Å². The van der Waals surface area contributed by atoms with Crippen molar-refractivity contribution in [3.05, 3.63) is 35.4 Å². The lowest BCUT2D eigenvalue weighted by molar-refractivity contribution is -0.120. The standard InChI is InChI=1S/C10H11IN2O/c11-12-10(14)7-13-5-8-3-1-2-4-9(8)6-13/h1-4H,5-7H2,(H,12,14). The minimum absolute atomic E-state index is 0.0680. The van der Waals surface area contributed by atoms with Gasteiger partial charge in [-0.15, -0.1) is 0 Å². The molecule has 74 valence electrons. The van der Waals surface area contributed by atoms with Gasteiger partial charge < -0.3 is 0 Å². The van der Waals surface area contributed by atoms with Crippen molar-refractivity contribution in [2.75, 3.05) is 6.54 Å². The minimum atomic E-state index is 0.0680. The second-order valence-electron chi connectivity index (χ2n) is 3.43. The summed E-state index contributed by atoms with van der Waals surface area (Å²) in [6.07, 6.45) is 0. The highest BCUT2D eigenvalue weighted by Gasteiger charge is 2.19. The first-order chi connectivity index (χ1) is 6.79. The summed E-state index contributed by atoms with van der Waals surface area (Å²) in [6.45, 7) is 2.26. The van der Waals surface area contributed by atoms with Crippen molar-refractivity contribution in [3.8, 4) is 0 Å². The van der Waals surface area contributed by atoms with Crippen molar-refractivity contribution in [2.24, 2.45) is 0 Å². The van der Waals surface area contributed by atoms with Crippen LogP contribution in [-0.2, 0) is 17.9 Å². The monoisotopic (exact) mass is 302 g/mol. The van der Waals surface area contributed by atoms with Crippen molar-refractivity contribution in [1.29, 1.82) is 0 Å². The fraction of sp³-hybridized carbons (Fsp3) is 0.300. The third kappa shape index (κ3) is 2.06. The first-order valence-corrected chi connectivity index (χ1v) is 5.56. The first-order valence-electron chi connectivity index (χ1n) is 4.48. The maximum Gasteiger partial charge on any atom is 0.242 e. The van der Waals surface area contributed by atoms with Crippen LogP contribution in [0.2, 0.25) is 0 Å². The summed E-state index contributed by atoms with van der Waals surface area (Å²) in [4.78, 5) is 13.3. The maximum atomic E-state index is 11.2. The van der Waals surface area contributed by atoms with Crippen molar-refractivity contribution >= 4 is 28.8 Å². The smallest absolute Gasteiger partial charge is 0.242 e. The minimum Gasteiger partial charge on any atom is -0.298 e. The topological polar surface area (TPSA) is 32.3 Å². The highest BCUT2D eigenvalue weighted by atomic mass is 127. The SMILES string of the molecule is O=C(CN1Cc2ccccc2C1)NI. The van der Waals surface area contributed by atoms with Gasteiger partial charge in [-0.3, -0.25) is 13.2 Å². The van der Waals surface area contributed by atoms with Crippen LogP contribution < -0.4 is 3.53 Å². The van der Waals surface area contributed by atoms with Gasteiger partial charge in [0.2, 0.25) is 5.91 Å². The lowest BCUT2D eigenvalue weighted by Gasteiger charge is -2.12. The van der Waals surface area contributed by atoms with Gasteiger partial charge in [0.05, 0.1) is 29.4 Å². The van der Waals surface area contributed by atoms with Gasteiger partial charge in [-0.25, -0.2) is 0 Å². The fourth-order valence-electron chi connectivity index (χ4n) is 1.75. The largest absolute Gasteiger partial charge is 0.298 e. The Morgan fingerprint density at radius 2 is 1.93 bits per heavy atom. The molecule has 1 heterocycles. The molecule has 2 rings (SSSR count). The van der Waals surface area contributed by atoms with Crippen LogP contribution >= 0.6 is 22.9 Å². The summed E-state index contributed by atoms with van der Waals surface area (Å²) in [5, 5.41) is 0. The van der Waals surface area contributed by atoms with E-state index in [0.29, 0.717) is 6.54 Å². The zero-order valence-corrected chi connectivity index (χ0v) is 9.82. The number of benzene rings is 1. The van der Waals surface area contributed by atoms with E-state index < -0.39 is 0 Å². The number of hydrogen-bond acceptors (Lipinski definition) is 2. The van der Waals surface area contributed by atoms with E-state index in [1.807, 2.05) is 35.0 Å². The first kappa shape index (κ1) is 9.92. The summed E-state index contributed by atoms with van der Waals surface area (Å²) in [5.41, 5.74) is 2.68. The molecule has 0 unspecified atom stereocenters. The van der Waals surface area contributed by atoms with Gasteiger partial charge in [0.1, 0.15) is 0 Å². The van der Waals surface area contributed by atoms with E-state index in [9.17, 15) is 4.79 Å². The van der Waals surface area contributed by atoms with Gasteiger partial charge in [-0.2, -0.15) is 0 Å². The molecule has 3 nitrogen and oxygen atoms in total. The Balaban J connectivity index is 2.01. The molecule has 1 aromatic rings. The van der Waals surface area contributed by atoms with Crippen LogP contribution in [0.3, 0.4) is 0 Å². The average molecular weight is 302 g/mol. The predicted molar refractivity (Wildman–Crippen MR) is 62.7 cm³/mol. The van der Waals surface area contributed by atoms with Crippen LogP contribution in [0.25, 0.3) is 0 Å². The molecule has 1 aliphatic rings. The van der Waals surface area contributed by atoms with Crippen LogP contribution in [0.4, 0.5) is 0 Å². The Bertz CT molecular complexity index is 329. The van der Waals surface area contributed by atoms with E-state index in [0.717, 1.165) is 13.1 Å². The number of nitrogens with one attached hydrogen (secondary N) is 1. The molecule has 0 spiro atoms.